The van der Waals surface area contributed by atoms with Gasteiger partial charge in [-0.1, -0.05) is 0 Å². The van der Waals surface area contributed by atoms with Crippen LogP contribution in [0.25, 0.3) is 0 Å². The minimum atomic E-state index is -0.927. The monoisotopic (exact) mass is 143 g/mol. The Bertz CT molecular complexity index is 157. The van der Waals surface area contributed by atoms with Gasteiger partial charge in [-0.2, -0.15) is 0 Å². The third kappa shape index (κ3) is 1.26. The second kappa shape index (κ2) is 2.68. The van der Waals surface area contributed by atoms with Crippen LogP contribution in [-0.4, -0.2) is 35.5 Å². The molecule has 1 atom stereocenters. The Morgan fingerprint density at radius 2 is 2.40 bits per heavy atom. The van der Waals surface area contributed by atoms with Crippen molar-refractivity contribution < 1.29 is 14.7 Å². The summed E-state index contributed by atoms with van der Waals surface area (Å²) >= 11 is 0. The van der Waals surface area contributed by atoms with E-state index in [9.17, 15) is 9.59 Å². The minimum absolute atomic E-state index is 0.0731. The maximum atomic E-state index is 10.3. The highest BCUT2D eigenvalue weighted by Crippen LogP contribution is 2.12. The van der Waals surface area contributed by atoms with Crippen molar-refractivity contribution in [2.75, 3.05) is 13.1 Å². The molecule has 4 nitrogen and oxygen atoms in total. The van der Waals surface area contributed by atoms with Crippen LogP contribution in [0.2, 0.25) is 0 Å². The van der Waals surface area contributed by atoms with Gasteiger partial charge in [0.05, 0.1) is 0 Å². The van der Waals surface area contributed by atoms with Crippen LogP contribution in [0.1, 0.15) is 6.42 Å². The van der Waals surface area contributed by atoms with Crippen LogP contribution in [0, 0.1) is 5.92 Å². The highest BCUT2D eigenvalue weighted by Gasteiger charge is 2.24. The number of amides is 1. The standard InChI is InChI=1S/C6H9NO3/c8-4-5-1-2-7(3-5)6(9)10/h4-5H,1-3H2,(H,9,10)/t5-/m0/s1. The Labute approximate surface area is 58.4 Å². The number of hydrogen-bond donors (Lipinski definition) is 1. The summed E-state index contributed by atoms with van der Waals surface area (Å²) in [6.07, 6.45) is 0.572. The van der Waals surface area contributed by atoms with Gasteiger partial charge in [-0.3, -0.25) is 0 Å². The van der Waals surface area contributed by atoms with Gasteiger partial charge >= 0.3 is 6.09 Å². The predicted molar refractivity (Wildman–Crippen MR) is 33.8 cm³/mol. The van der Waals surface area contributed by atoms with Gasteiger partial charge in [0.15, 0.2) is 0 Å². The van der Waals surface area contributed by atoms with Crippen molar-refractivity contribution in [2.45, 2.75) is 6.42 Å². The molecule has 0 spiro atoms. The molecule has 0 saturated carbocycles. The summed E-state index contributed by atoms with van der Waals surface area (Å²) in [6.45, 7) is 0.873. The number of rotatable bonds is 1. The van der Waals surface area contributed by atoms with Crippen LogP contribution in [0.3, 0.4) is 0 Å². The number of hydrogen-bond acceptors (Lipinski definition) is 2. The normalized spacial score (nSPS) is 24.8. The second-order valence-corrected chi connectivity index (χ2v) is 2.41. The SMILES string of the molecule is O=C[C@H]1CCN(C(=O)O)C1. The van der Waals surface area contributed by atoms with Gasteiger partial charge < -0.3 is 14.8 Å². The maximum absolute atomic E-state index is 10.3. The number of aldehydes is 1. The summed E-state index contributed by atoms with van der Waals surface area (Å²) in [6, 6.07) is 0. The van der Waals surface area contributed by atoms with Gasteiger partial charge in [0, 0.05) is 19.0 Å². The third-order valence-corrected chi connectivity index (χ3v) is 1.69. The molecule has 1 saturated heterocycles. The van der Waals surface area contributed by atoms with Crippen LogP contribution in [-0.2, 0) is 4.79 Å². The van der Waals surface area contributed by atoms with Crippen molar-refractivity contribution in [2.24, 2.45) is 5.92 Å². The maximum Gasteiger partial charge on any atom is 0.407 e. The van der Waals surface area contributed by atoms with Crippen molar-refractivity contribution in [1.82, 2.24) is 4.90 Å². The summed E-state index contributed by atoms with van der Waals surface area (Å²) < 4.78 is 0. The smallest absolute Gasteiger partial charge is 0.407 e. The van der Waals surface area contributed by atoms with Crippen molar-refractivity contribution in [3.8, 4) is 0 Å². The largest absolute Gasteiger partial charge is 0.465 e. The molecule has 56 valence electrons. The van der Waals surface area contributed by atoms with E-state index in [2.05, 4.69) is 0 Å². The van der Waals surface area contributed by atoms with Gasteiger partial charge in [-0.15, -0.1) is 0 Å². The molecule has 1 amide bonds. The molecule has 0 aromatic heterocycles. The van der Waals surface area contributed by atoms with E-state index in [4.69, 9.17) is 5.11 Å². The molecule has 0 radical (unpaired) electrons. The van der Waals surface area contributed by atoms with E-state index in [0.29, 0.717) is 19.5 Å². The molecule has 1 N–H and O–H groups in total. The van der Waals surface area contributed by atoms with E-state index < -0.39 is 6.09 Å². The lowest BCUT2D eigenvalue weighted by atomic mass is 10.1. The minimum Gasteiger partial charge on any atom is -0.465 e. The molecule has 1 aliphatic heterocycles. The number of carbonyl (C=O) groups excluding carboxylic acids is 1. The van der Waals surface area contributed by atoms with E-state index in [1.165, 1.54) is 4.90 Å². The van der Waals surface area contributed by atoms with Gasteiger partial charge in [-0.05, 0) is 6.42 Å². The summed E-state index contributed by atoms with van der Waals surface area (Å²) in [5.74, 6) is -0.0731. The van der Waals surface area contributed by atoms with Crippen LogP contribution < -0.4 is 0 Å². The zero-order valence-corrected chi connectivity index (χ0v) is 5.49. The van der Waals surface area contributed by atoms with Crippen LogP contribution in [0.4, 0.5) is 4.79 Å². The van der Waals surface area contributed by atoms with E-state index in [1.807, 2.05) is 0 Å². The van der Waals surface area contributed by atoms with Gasteiger partial charge in [0.1, 0.15) is 6.29 Å². The highest BCUT2D eigenvalue weighted by molar-refractivity contribution is 5.67. The Balaban J connectivity index is 2.42. The molecule has 0 aromatic carbocycles. The molecule has 0 aliphatic carbocycles. The number of nitrogens with zero attached hydrogens (tertiary/aromatic N) is 1. The summed E-state index contributed by atoms with van der Waals surface area (Å²) in [5.41, 5.74) is 0. The lowest BCUT2D eigenvalue weighted by Gasteiger charge is -2.08. The van der Waals surface area contributed by atoms with Crippen LogP contribution in [0.15, 0.2) is 0 Å². The molecular formula is C6H9NO3. The molecule has 1 fully saturated rings. The first kappa shape index (κ1) is 7.05. The average Bonchev–Trinajstić information content (AvgIpc) is 2.34. The van der Waals surface area contributed by atoms with E-state index >= 15 is 0 Å². The molecule has 0 unspecified atom stereocenters. The Hall–Kier alpha value is -1.06. The Morgan fingerprint density at radius 3 is 2.70 bits per heavy atom. The van der Waals surface area contributed by atoms with Crippen molar-refractivity contribution in [1.29, 1.82) is 0 Å². The van der Waals surface area contributed by atoms with E-state index in [0.717, 1.165) is 6.29 Å². The average molecular weight is 143 g/mol. The quantitative estimate of drug-likeness (QED) is 0.533. The van der Waals surface area contributed by atoms with Gasteiger partial charge in [0.25, 0.3) is 0 Å². The van der Waals surface area contributed by atoms with Crippen LogP contribution >= 0.6 is 0 Å². The van der Waals surface area contributed by atoms with Crippen molar-refractivity contribution in [3.63, 3.8) is 0 Å². The molecule has 1 heterocycles. The van der Waals surface area contributed by atoms with E-state index in [1.54, 1.807) is 0 Å². The van der Waals surface area contributed by atoms with Gasteiger partial charge in [0.2, 0.25) is 0 Å². The number of carboxylic acid groups (broad SMARTS) is 1. The second-order valence-electron chi connectivity index (χ2n) is 2.41. The Morgan fingerprint density at radius 1 is 1.70 bits per heavy atom. The summed E-state index contributed by atoms with van der Waals surface area (Å²) in [4.78, 5) is 21.7. The first-order chi connectivity index (χ1) is 4.74. The number of likely N-dealkylation sites (tertiary alicyclic amines) is 1. The Kier molecular flexibility index (Phi) is 1.89. The van der Waals surface area contributed by atoms with Crippen molar-refractivity contribution in [3.05, 3.63) is 0 Å². The molecule has 10 heavy (non-hydrogen) atoms. The zero-order chi connectivity index (χ0) is 7.56. The predicted octanol–water partition coefficient (Wildman–Crippen LogP) is 0.185. The van der Waals surface area contributed by atoms with Crippen LogP contribution in [0.5, 0.6) is 0 Å². The van der Waals surface area contributed by atoms with Crippen molar-refractivity contribution >= 4 is 12.4 Å². The summed E-state index contributed by atoms with van der Waals surface area (Å²) in [5, 5.41) is 8.44. The first-order valence-corrected chi connectivity index (χ1v) is 3.17. The zero-order valence-electron chi connectivity index (χ0n) is 5.49. The highest BCUT2D eigenvalue weighted by atomic mass is 16.4. The molecule has 4 heteroatoms. The first-order valence-electron chi connectivity index (χ1n) is 3.17. The molecule has 0 aromatic rings. The number of carbonyl (C=O) groups is 2. The fourth-order valence-corrected chi connectivity index (χ4v) is 1.07. The summed E-state index contributed by atoms with van der Waals surface area (Å²) in [7, 11) is 0. The molecule has 1 rings (SSSR count). The molecule has 0 bridgehead atoms. The van der Waals surface area contributed by atoms with Gasteiger partial charge in [-0.25, -0.2) is 4.79 Å². The topological polar surface area (TPSA) is 57.6 Å². The lowest BCUT2D eigenvalue weighted by molar-refractivity contribution is -0.110. The fraction of sp³-hybridized carbons (Fsp3) is 0.667. The molecular weight excluding hydrogens is 134 g/mol. The molecule has 1 aliphatic rings. The lowest BCUT2D eigenvalue weighted by Crippen LogP contribution is -2.26. The third-order valence-electron chi connectivity index (χ3n) is 1.69. The fourth-order valence-electron chi connectivity index (χ4n) is 1.07. The van der Waals surface area contributed by atoms with E-state index in [-0.39, 0.29) is 5.92 Å².